The van der Waals surface area contributed by atoms with Gasteiger partial charge in [-0.15, -0.1) is 0 Å². The zero-order chi connectivity index (χ0) is 5.28. The average Bonchev–Trinajstić information content (AvgIpc) is 1.87. The fraction of sp³-hybridized carbons (Fsp3) is 0.250. The lowest BCUT2D eigenvalue weighted by Crippen LogP contribution is -2.13. The molecule has 0 spiro atoms. The molecule has 1 aliphatic heterocycles. The second-order valence-corrected chi connectivity index (χ2v) is 2.74. The Hall–Kier alpha value is -0.0600. The third-order valence-corrected chi connectivity index (χ3v) is 1.44. The number of rotatable bonds is 0. The van der Waals surface area contributed by atoms with Crippen LogP contribution in [-0.2, 0) is 0 Å². The van der Waals surface area contributed by atoms with E-state index in [1.165, 1.54) is 3.58 Å². The van der Waals surface area contributed by atoms with Crippen LogP contribution in [0.3, 0.4) is 0 Å². The second-order valence-electron chi connectivity index (χ2n) is 1.36. The third-order valence-electron chi connectivity index (χ3n) is 0.749. The Balaban J connectivity index is 2.67. The molecular weight excluding hydrogens is 203 g/mol. The van der Waals surface area contributed by atoms with E-state index in [1.807, 2.05) is 6.08 Å². The van der Waals surface area contributed by atoms with E-state index in [4.69, 9.17) is 5.41 Å². The van der Waals surface area contributed by atoms with Gasteiger partial charge in [0.25, 0.3) is 0 Å². The molecule has 1 aliphatic rings. The van der Waals surface area contributed by atoms with E-state index >= 15 is 0 Å². The van der Waals surface area contributed by atoms with Crippen molar-refractivity contribution in [2.75, 3.05) is 6.54 Å². The number of amidine groups is 1. The minimum Gasteiger partial charge on any atom is -0.366 e. The van der Waals surface area contributed by atoms with Gasteiger partial charge in [-0.2, -0.15) is 0 Å². The van der Waals surface area contributed by atoms with E-state index in [1.54, 1.807) is 0 Å². The molecule has 3 heteroatoms. The van der Waals surface area contributed by atoms with Gasteiger partial charge in [0.05, 0.1) is 0 Å². The molecule has 0 aromatic carbocycles. The predicted octanol–water partition coefficient (Wildman–Crippen LogP) is 0.886. The Morgan fingerprint density at radius 1 is 1.86 bits per heavy atom. The average molecular weight is 208 g/mol. The minimum absolute atomic E-state index is 0.532. The number of hydrogen-bond donors (Lipinski definition) is 2. The van der Waals surface area contributed by atoms with Crippen molar-refractivity contribution in [3.05, 3.63) is 9.66 Å². The molecule has 0 radical (unpaired) electrons. The molecule has 1 heterocycles. The standard InChI is InChI=1S/C4H5IN2/c5-3-1-4(6)7-2-3/h1H,2H2,(H2,6,7). The Kier molecular flexibility index (Phi) is 1.32. The Morgan fingerprint density at radius 2 is 2.57 bits per heavy atom. The highest BCUT2D eigenvalue weighted by molar-refractivity contribution is 14.1. The maximum absolute atomic E-state index is 6.99. The molecule has 0 saturated carbocycles. The van der Waals surface area contributed by atoms with Crippen molar-refractivity contribution >= 4 is 28.4 Å². The van der Waals surface area contributed by atoms with Crippen molar-refractivity contribution < 1.29 is 0 Å². The molecule has 0 bridgehead atoms. The van der Waals surface area contributed by atoms with Gasteiger partial charge in [0.2, 0.25) is 0 Å². The summed E-state index contributed by atoms with van der Waals surface area (Å²) in [6.45, 7) is 0.847. The lowest BCUT2D eigenvalue weighted by molar-refractivity contribution is 1.07. The van der Waals surface area contributed by atoms with E-state index in [0.717, 1.165) is 6.54 Å². The molecule has 0 saturated heterocycles. The summed E-state index contributed by atoms with van der Waals surface area (Å²) in [5.41, 5.74) is 0. The maximum Gasteiger partial charge on any atom is 0.119 e. The molecule has 0 unspecified atom stereocenters. The van der Waals surface area contributed by atoms with Crippen LogP contribution in [0.15, 0.2) is 9.66 Å². The van der Waals surface area contributed by atoms with Gasteiger partial charge in [-0.1, -0.05) is 0 Å². The van der Waals surface area contributed by atoms with E-state index in [9.17, 15) is 0 Å². The first kappa shape index (κ1) is 5.08. The fourth-order valence-electron chi connectivity index (χ4n) is 0.438. The Labute approximate surface area is 55.6 Å². The summed E-state index contributed by atoms with van der Waals surface area (Å²) in [7, 11) is 0. The zero-order valence-corrected chi connectivity index (χ0v) is 5.82. The Morgan fingerprint density at radius 3 is 2.71 bits per heavy atom. The summed E-state index contributed by atoms with van der Waals surface area (Å²) in [6.07, 6.45) is 1.82. The summed E-state index contributed by atoms with van der Waals surface area (Å²) in [5, 5.41) is 9.84. The van der Waals surface area contributed by atoms with Gasteiger partial charge in [0.1, 0.15) is 5.84 Å². The summed E-state index contributed by atoms with van der Waals surface area (Å²) < 4.78 is 1.21. The molecule has 7 heavy (non-hydrogen) atoms. The number of hydrogen-bond acceptors (Lipinski definition) is 1. The van der Waals surface area contributed by atoms with Crippen LogP contribution in [0.25, 0.3) is 0 Å². The normalized spacial score (nSPS) is 19.0. The maximum atomic E-state index is 6.99. The van der Waals surface area contributed by atoms with Crippen LogP contribution >= 0.6 is 22.6 Å². The van der Waals surface area contributed by atoms with Crippen molar-refractivity contribution in [3.63, 3.8) is 0 Å². The van der Waals surface area contributed by atoms with E-state index in [0.29, 0.717) is 5.84 Å². The molecule has 2 N–H and O–H groups in total. The van der Waals surface area contributed by atoms with Crippen LogP contribution in [0.4, 0.5) is 0 Å². The molecule has 0 atom stereocenters. The van der Waals surface area contributed by atoms with Gasteiger partial charge < -0.3 is 5.32 Å². The predicted molar refractivity (Wildman–Crippen MR) is 37.8 cm³/mol. The van der Waals surface area contributed by atoms with Gasteiger partial charge in [-0.05, 0) is 28.7 Å². The largest absolute Gasteiger partial charge is 0.366 e. The van der Waals surface area contributed by atoms with Gasteiger partial charge in [0.15, 0.2) is 0 Å². The number of halogens is 1. The first-order valence-electron chi connectivity index (χ1n) is 1.97. The molecular formula is C4H5IN2. The van der Waals surface area contributed by atoms with Crippen molar-refractivity contribution in [1.29, 1.82) is 5.41 Å². The topological polar surface area (TPSA) is 35.9 Å². The Bertz CT molecular complexity index is 128. The van der Waals surface area contributed by atoms with Crippen molar-refractivity contribution in [1.82, 2.24) is 5.32 Å². The summed E-state index contributed by atoms with van der Waals surface area (Å²) in [5.74, 6) is 0.532. The summed E-state index contributed by atoms with van der Waals surface area (Å²) in [6, 6.07) is 0. The van der Waals surface area contributed by atoms with E-state index in [-0.39, 0.29) is 0 Å². The monoisotopic (exact) mass is 208 g/mol. The second kappa shape index (κ2) is 1.81. The van der Waals surface area contributed by atoms with Crippen LogP contribution in [0, 0.1) is 5.41 Å². The van der Waals surface area contributed by atoms with Gasteiger partial charge in [-0.25, -0.2) is 0 Å². The van der Waals surface area contributed by atoms with Crippen molar-refractivity contribution in [2.45, 2.75) is 0 Å². The van der Waals surface area contributed by atoms with E-state index in [2.05, 4.69) is 27.9 Å². The minimum atomic E-state index is 0.532. The zero-order valence-electron chi connectivity index (χ0n) is 3.66. The lowest BCUT2D eigenvalue weighted by atomic mass is 10.6. The highest BCUT2D eigenvalue weighted by Crippen LogP contribution is 2.07. The lowest BCUT2D eigenvalue weighted by Gasteiger charge is -1.86. The molecule has 2 nitrogen and oxygen atoms in total. The van der Waals surface area contributed by atoms with Crippen LogP contribution in [-0.4, -0.2) is 12.4 Å². The van der Waals surface area contributed by atoms with E-state index < -0.39 is 0 Å². The van der Waals surface area contributed by atoms with Gasteiger partial charge in [0, 0.05) is 10.1 Å². The smallest absolute Gasteiger partial charge is 0.119 e. The van der Waals surface area contributed by atoms with Crippen molar-refractivity contribution in [3.8, 4) is 0 Å². The highest BCUT2D eigenvalue weighted by Gasteiger charge is 2.01. The quantitative estimate of drug-likeness (QED) is 0.569. The molecule has 0 aromatic heterocycles. The highest BCUT2D eigenvalue weighted by atomic mass is 127. The molecule has 38 valence electrons. The molecule has 1 rings (SSSR count). The fourth-order valence-corrected chi connectivity index (χ4v) is 0.940. The number of nitrogens with one attached hydrogen (secondary N) is 2. The molecule has 0 amide bonds. The first-order valence-corrected chi connectivity index (χ1v) is 3.05. The molecule has 0 aliphatic carbocycles. The third kappa shape index (κ3) is 1.15. The summed E-state index contributed by atoms with van der Waals surface area (Å²) in [4.78, 5) is 0. The van der Waals surface area contributed by atoms with Crippen LogP contribution < -0.4 is 5.32 Å². The van der Waals surface area contributed by atoms with Crippen LogP contribution in [0.2, 0.25) is 0 Å². The van der Waals surface area contributed by atoms with Gasteiger partial charge >= 0.3 is 0 Å². The van der Waals surface area contributed by atoms with Crippen LogP contribution in [0.5, 0.6) is 0 Å². The molecule has 0 aromatic rings. The van der Waals surface area contributed by atoms with Crippen molar-refractivity contribution in [2.24, 2.45) is 0 Å². The summed E-state index contributed by atoms with van der Waals surface area (Å²) >= 11 is 2.20. The SMILES string of the molecule is N=C1C=C(I)CN1. The van der Waals surface area contributed by atoms with Crippen LogP contribution in [0.1, 0.15) is 0 Å². The van der Waals surface area contributed by atoms with Gasteiger partial charge in [-0.3, -0.25) is 5.41 Å². The first-order chi connectivity index (χ1) is 3.29. The molecule has 0 fully saturated rings.